The number of carbonyl (C=O) groups excluding carboxylic acids is 4. The number of aromatic nitrogens is 2. The number of ether oxygens (including phenoxy) is 4. The number of benzene rings is 1. The summed E-state index contributed by atoms with van der Waals surface area (Å²) in [6.07, 6.45) is 6.04. The van der Waals surface area contributed by atoms with Gasteiger partial charge in [-0.1, -0.05) is 30.3 Å². The van der Waals surface area contributed by atoms with Gasteiger partial charge >= 0.3 is 23.9 Å². The number of hydrogen-bond donors (Lipinski definition) is 0. The van der Waals surface area contributed by atoms with E-state index in [2.05, 4.69) is 0 Å². The summed E-state index contributed by atoms with van der Waals surface area (Å²) < 4.78 is 24.0. The zero-order chi connectivity index (χ0) is 26.9. The summed E-state index contributed by atoms with van der Waals surface area (Å²) in [6.45, 7) is 7.19. The topological polar surface area (TPSA) is 115 Å². The minimum absolute atomic E-state index is 0.0483. The second kappa shape index (κ2) is 12.9. The van der Waals surface area contributed by atoms with Gasteiger partial charge in [0.2, 0.25) is 0 Å². The average molecular weight is 528 g/mol. The maximum Gasteiger partial charge on any atom is 0.340 e. The standard InChI is InChI=1S/C26H29N2O8P/c1-5-33-23(29)19-14-27(15-20(19)24(30)34-6-2)37(18-12-10-9-11-13-18)28-16-21(25(31)35-7-3)22(17-28)26(32)36-8-4/h9-17H,5-8H2,1-4H3. The third kappa shape index (κ3) is 6.27. The Morgan fingerprint density at radius 1 is 0.568 bits per heavy atom. The highest BCUT2D eigenvalue weighted by Crippen LogP contribution is 2.41. The second-order valence-electron chi connectivity index (χ2n) is 7.44. The molecule has 0 saturated heterocycles. The van der Waals surface area contributed by atoms with E-state index in [1.165, 1.54) is 24.8 Å². The summed E-state index contributed by atoms with van der Waals surface area (Å²) in [5.41, 5.74) is 0.193. The molecular weight excluding hydrogens is 499 g/mol. The molecule has 0 radical (unpaired) electrons. The van der Waals surface area contributed by atoms with Crippen LogP contribution in [0.3, 0.4) is 0 Å². The Hall–Kier alpha value is -3.91. The Bertz CT molecular complexity index is 1120. The van der Waals surface area contributed by atoms with Crippen LogP contribution in [0.5, 0.6) is 0 Å². The fourth-order valence-corrected chi connectivity index (χ4v) is 5.64. The van der Waals surface area contributed by atoms with Crippen molar-refractivity contribution in [2.24, 2.45) is 0 Å². The molecule has 0 bridgehead atoms. The van der Waals surface area contributed by atoms with Crippen molar-refractivity contribution in [3.8, 4) is 0 Å². The van der Waals surface area contributed by atoms with Crippen molar-refractivity contribution >= 4 is 37.4 Å². The molecule has 10 nitrogen and oxygen atoms in total. The van der Waals surface area contributed by atoms with Crippen LogP contribution in [0.2, 0.25) is 0 Å². The molecule has 0 saturated carbocycles. The molecular formula is C26H29N2O8P. The third-order valence-corrected chi connectivity index (χ3v) is 7.13. The quantitative estimate of drug-likeness (QED) is 0.208. The van der Waals surface area contributed by atoms with E-state index in [0.29, 0.717) is 0 Å². The van der Waals surface area contributed by atoms with Crippen molar-refractivity contribution in [2.75, 3.05) is 26.4 Å². The van der Waals surface area contributed by atoms with E-state index in [0.717, 1.165) is 5.30 Å². The average Bonchev–Trinajstić information content (AvgIpc) is 3.51. The van der Waals surface area contributed by atoms with Gasteiger partial charge in [0, 0.05) is 30.1 Å². The zero-order valence-electron chi connectivity index (χ0n) is 21.1. The van der Waals surface area contributed by atoms with Crippen molar-refractivity contribution in [3.05, 3.63) is 77.4 Å². The maximum absolute atomic E-state index is 12.7. The summed E-state index contributed by atoms with van der Waals surface area (Å²) in [6, 6.07) is 9.27. The maximum atomic E-state index is 12.7. The van der Waals surface area contributed by atoms with Crippen LogP contribution >= 0.6 is 8.22 Å². The van der Waals surface area contributed by atoms with Crippen molar-refractivity contribution in [1.29, 1.82) is 0 Å². The van der Waals surface area contributed by atoms with Crippen LogP contribution in [-0.2, 0) is 18.9 Å². The van der Waals surface area contributed by atoms with E-state index in [4.69, 9.17) is 18.9 Å². The highest BCUT2D eigenvalue weighted by molar-refractivity contribution is 7.62. The molecule has 196 valence electrons. The highest BCUT2D eigenvalue weighted by Gasteiger charge is 2.29. The Morgan fingerprint density at radius 2 is 0.865 bits per heavy atom. The molecule has 0 amide bonds. The van der Waals surface area contributed by atoms with Gasteiger partial charge in [-0.3, -0.25) is 0 Å². The molecule has 0 aliphatic carbocycles. The molecule has 1 aromatic carbocycles. The first-order chi connectivity index (χ1) is 17.9. The van der Waals surface area contributed by atoms with Crippen molar-refractivity contribution < 1.29 is 38.1 Å². The number of nitrogens with zero attached hydrogens (tertiary/aromatic N) is 2. The molecule has 11 heteroatoms. The molecule has 0 fully saturated rings. The second-order valence-corrected chi connectivity index (χ2v) is 9.46. The van der Waals surface area contributed by atoms with Gasteiger partial charge in [-0.15, -0.1) is 0 Å². The highest BCUT2D eigenvalue weighted by atomic mass is 31.1. The first-order valence-electron chi connectivity index (χ1n) is 11.8. The lowest BCUT2D eigenvalue weighted by atomic mass is 10.2. The summed E-state index contributed by atoms with van der Waals surface area (Å²) in [5, 5.41) is 0.805. The van der Waals surface area contributed by atoms with Gasteiger partial charge in [-0.2, -0.15) is 0 Å². The molecule has 37 heavy (non-hydrogen) atoms. The Balaban J connectivity index is 2.23. The van der Waals surface area contributed by atoms with Gasteiger partial charge in [0.15, 0.2) is 0 Å². The van der Waals surface area contributed by atoms with E-state index in [9.17, 15) is 19.2 Å². The van der Waals surface area contributed by atoms with Gasteiger partial charge in [0.25, 0.3) is 0 Å². The lowest BCUT2D eigenvalue weighted by Gasteiger charge is -2.20. The number of rotatable bonds is 11. The van der Waals surface area contributed by atoms with E-state index < -0.39 is 32.1 Å². The molecule has 0 aliphatic heterocycles. The number of carbonyl (C=O) groups is 4. The Kier molecular flexibility index (Phi) is 9.63. The van der Waals surface area contributed by atoms with E-state index in [1.807, 2.05) is 30.3 Å². The minimum atomic E-state index is -1.57. The molecule has 0 N–H and O–H groups in total. The monoisotopic (exact) mass is 528 g/mol. The van der Waals surface area contributed by atoms with Gasteiger partial charge in [-0.25, -0.2) is 19.2 Å². The van der Waals surface area contributed by atoms with Crippen molar-refractivity contribution in [1.82, 2.24) is 8.68 Å². The van der Waals surface area contributed by atoms with Crippen LogP contribution in [0.25, 0.3) is 0 Å². The normalized spacial score (nSPS) is 10.7. The fraction of sp³-hybridized carbons (Fsp3) is 0.308. The van der Waals surface area contributed by atoms with Crippen LogP contribution in [0.1, 0.15) is 69.1 Å². The first-order valence-corrected chi connectivity index (χ1v) is 13.1. The summed E-state index contributed by atoms with van der Waals surface area (Å²) in [5.74, 6) is -2.67. The molecule has 2 aromatic heterocycles. The fourth-order valence-electron chi connectivity index (χ4n) is 3.53. The predicted molar refractivity (Wildman–Crippen MR) is 136 cm³/mol. The smallest absolute Gasteiger partial charge is 0.340 e. The summed E-state index contributed by atoms with van der Waals surface area (Å²) in [7, 11) is -1.57. The summed E-state index contributed by atoms with van der Waals surface area (Å²) >= 11 is 0. The largest absolute Gasteiger partial charge is 0.462 e. The van der Waals surface area contributed by atoms with Crippen LogP contribution in [0, 0.1) is 0 Å². The molecule has 0 unspecified atom stereocenters. The SMILES string of the molecule is CCOC(=O)c1cn(P(c2ccccc2)n2cc(C(=O)OCC)c(C(=O)OCC)c2)cc1C(=O)OCC. The molecule has 0 aliphatic rings. The predicted octanol–water partition coefficient (Wildman–Crippen LogP) is 4.03. The first kappa shape index (κ1) is 27.7. The van der Waals surface area contributed by atoms with Crippen LogP contribution < -0.4 is 5.30 Å². The third-order valence-electron chi connectivity index (χ3n) is 5.03. The zero-order valence-corrected chi connectivity index (χ0v) is 22.0. The molecule has 3 rings (SSSR count). The lowest BCUT2D eigenvalue weighted by Crippen LogP contribution is -2.11. The lowest BCUT2D eigenvalue weighted by molar-refractivity contribution is 0.0480. The van der Waals surface area contributed by atoms with E-state index >= 15 is 0 Å². The molecule has 0 atom stereocenters. The molecule has 0 spiro atoms. The molecule has 2 heterocycles. The minimum Gasteiger partial charge on any atom is -0.462 e. The molecule has 3 aromatic rings. The Labute approximate surface area is 215 Å². The van der Waals surface area contributed by atoms with Gasteiger partial charge in [0.05, 0.1) is 48.7 Å². The number of esters is 4. The number of hydrogen-bond acceptors (Lipinski definition) is 8. The van der Waals surface area contributed by atoms with E-state index in [-0.39, 0.29) is 48.7 Å². The van der Waals surface area contributed by atoms with Crippen LogP contribution in [0.15, 0.2) is 55.1 Å². The Morgan fingerprint density at radius 3 is 1.14 bits per heavy atom. The van der Waals surface area contributed by atoms with Crippen molar-refractivity contribution in [2.45, 2.75) is 27.7 Å². The summed E-state index contributed by atoms with van der Waals surface area (Å²) in [4.78, 5) is 50.8. The van der Waals surface area contributed by atoms with Gasteiger partial charge < -0.3 is 27.6 Å². The van der Waals surface area contributed by atoms with E-state index in [1.54, 1.807) is 36.4 Å². The van der Waals surface area contributed by atoms with Crippen LogP contribution in [-0.4, -0.2) is 59.0 Å². The van der Waals surface area contributed by atoms with Crippen molar-refractivity contribution in [3.63, 3.8) is 0 Å². The van der Waals surface area contributed by atoms with Gasteiger partial charge in [0.1, 0.15) is 8.22 Å². The van der Waals surface area contributed by atoms with Crippen LogP contribution in [0.4, 0.5) is 0 Å². The van der Waals surface area contributed by atoms with Gasteiger partial charge in [-0.05, 0) is 27.7 Å².